The second-order valence-corrected chi connectivity index (χ2v) is 8.76. The minimum Gasteiger partial charge on any atom is -0.494 e. The number of pyridine rings is 1. The molecule has 0 aliphatic rings. The number of thioether (sulfide) groups is 1. The number of rotatable bonds is 5. The second kappa shape index (κ2) is 7.77. The zero-order chi connectivity index (χ0) is 19.7. The molecule has 0 aliphatic heterocycles. The maximum Gasteiger partial charge on any atom is 0.239 e. The van der Waals surface area contributed by atoms with E-state index in [1.807, 2.05) is 62.4 Å². The van der Waals surface area contributed by atoms with E-state index in [-0.39, 0.29) is 11.2 Å². The quantitative estimate of drug-likeness (QED) is 0.454. The maximum atomic E-state index is 12.6. The number of hydrogen-bond donors (Lipinski definition) is 1. The molecule has 0 bridgehead atoms. The van der Waals surface area contributed by atoms with Gasteiger partial charge in [0.25, 0.3) is 0 Å². The number of benzene rings is 2. The molecule has 1 N–H and O–H groups in total. The molecule has 142 valence electrons. The molecule has 1 atom stereocenters. The molecule has 0 aliphatic carbocycles. The van der Waals surface area contributed by atoms with Gasteiger partial charge in [-0.25, -0.2) is 9.97 Å². The number of thiazole rings is 1. The van der Waals surface area contributed by atoms with Crippen LogP contribution in [-0.4, -0.2) is 28.2 Å². The molecular weight excluding hydrogens is 390 g/mol. The molecule has 0 saturated heterocycles. The van der Waals surface area contributed by atoms with Crippen LogP contribution in [0.2, 0.25) is 0 Å². The molecule has 28 heavy (non-hydrogen) atoms. The first-order chi connectivity index (χ1) is 13.5. The summed E-state index contributed by atoms with van der Waals surface area (Å²) in [6.07, 6.45) is 0. The van der Waals surface area contributed by atoms with Crippen molar-refractivity contribution < 1.29 is 9.53 Å². The van der Waals surface area contributed by atoms with Gasteiger partial charge >= 0.3 is 0 Å². The van der Waals surface area contributed by atoms with Gasteiger partial charge in [-0.05, 0) is 43.7 Å². The third-order valence-electron chi connectivity index (χ3n) is 4.40. The average molecular weight is 410 g/mol. The third kappa shape index (κ3) is 3.68. The number of nitrogens with zero attached hydrogens (tertiary/aromatic N) is 2. The summed E-state index contributed by atoms with van der Waals surface area (Å²) in [5.41, 5.74) is 2.80. The highest BCUT2D eigenvalue weighted by atomic mass is 32.2. The molecule has 4 rings (SSSR count). The number of aromatic nitrogens is 2. The SMILES string of the molecule is COc1cccc2c(C)cc(SC(C)C(=O)Nc3nc4ccccc4s3)nc12. The van der Waals surface area contributed by atoms with E-state index >= 15 is 0 Å². The van der Waals surface area contributed by atoms with E-state index in [0.717, 1.165) is 37.5 Å². The van der Waals surface area contributed by atoms with E-state index in [1.54, 1.807) is 7.11 Å². The van der Waals surface area contributed by atoms with Crippen molar-refractivity contribution in [1.29, 1.82) is 0 Å². The van der Waals surface area contributed by atoms with Crippen molar-refractivity contribution in [2.75, 3.05) is 12.4 Å². The Morgan fingerprint density at radius 2 is 2.00 bits per heavy atom. The number of para-hydroxylation sites is 2. The molecule has 2 heterocycles. The predicted molar refractivity (Wildman–Crippen MR) is 117 cm³/mol. The van der Waals surface area contributed by atoms with Crippen molar-refractivity contribution in [2.24, 2.45) is 0 Å². The zero-order valence-corrected chi connectivity index (χ0v) is 17.4. The number of carbonyl (C=O) groups excluding carboxylic acids is 1. The Labute approximate surface area is 171 Å². The summed E-state index contributed by atoms with van der Waals surface area (Å²) in [4.78, 5) is 21.8. The Bertz CT molecular complexity index is 1140. The standard InChI is InChI=1S/C21H19N3O2S2/c1-12-11-18(23-19-14(12)7-6-9-16(19)26-3)27-13(2)20(25)24-21-22-15-8-4-5-10-17(15)28-21/h4-11,13H,1-3H3,(H,22,24,25). The highest BCUT2D eigenvalue weighted by Crippen LogP contribution is 2.32. The Hall–Kier alpha value is -2.64. The fourth-order valence-corrected chi connectivity index (χ4v) is 4.74. The molecule has 0 spiro atoms. The summed E-state index contributed by atoms with van der Waals surface area (Å²) in [5, 5.41) is 5.07. The first kappa shape index (κ1) is 18.7. The summed E-state index contributed by atoms with van der Waals surface area (Å²) in [5.74, 6) is 0.637. The molecule has 1 amide bonds. The summed E-state index contributed by atoms with van der Waals surface area (Å²) in [7, 11) is 1.64. The van der Waals surface area contributed by atoms with Crippen molar-refractivity contribution >= 4 is 55.3 Å². The van der Waals surface area contributed by atoms with Gasteiger partial charge in [0.2, 0.25) is 5.91 Å². The van der Waals surface area contributed by atoms with Gasteiger partial charge in [0, 0.05) is 5.39 Å². The van der Waals surface area contributed by atoms with Gasteiger partial charge < -0.3 is 10.1 Å². The van der Waals surface area contributed by atoms with Crippen LogP contribution in [0.25, 0.3) is 21.1 Å². The first-order valence-electron chi connectivity index (χ1n) is 8.82. The molecule has 7 heteroatoms. The lowest BCUT2D eigenvalue weighted by molar-refractivity contribution is -0.115. The minimum atomic E-state index is -0.314. The van der Waals surface area contributed by atoms with E-state index in [2.05, 4.69) is 10.3 Å². The number of aryl methyl sites for hydroxylation is 1. The highest BCUT2D eigenvalue weighted by molar-refractivity contribution is 8.00. The van der Waals surface area contributed by atoms with E-state index in [1.165, 1.54) is 23.1 Å². The molecule has 2 aromatic carbocycles. The Balaban J connectivity index is 1.53. The predicted octanol–water partition coefficient (Wildman–Crippen LogP) is 5.28. The van der Waals surface area contributed by atoms with Crippen LogP contribution in [0.3, 0.4) is 0 Å². The van der Waals surface area contributed by atoms with Crippen LogP contribution in [0.1, 0.15) is 12.5 Å². The van der Waals surface area contributed by atoms with Crippen LogP contribution in [0.15, 0.2) is 53.6 Å². The molecule has 5 nitrogen and oxygen atoms in total. The number of hydrogen-bond acceptors (Lipinski definition) is 6. The largest absolute Gasteiger partial charge is 0.494 e. The summed E-state index contributed by atoms with van der Waals surface area (Å²) in [6.45, 7) is 3.91. The number of methoxy groups -OCH3 is 1. The lowest BCUT2D eigenvalue weighted by atomic mass is 10.1. The van der Waals surface area contributed by atoms with E-state index in [0.29, 0.717) is 5.13 Å². The van der Waals surface area contributed by atoms with Gasteiger partial charge in [-0.2, -0.15) is 0 Å². The lowest BCUT2D eigenvalue weighted by Crippen LogP contribution is -2.22. The second-order valence-electron chi connectivity index (χ2n) is 6.37. The summed E-state index contributed by atoms with van der Waals surface area (Å²) >= 11 is 2.90. The molecule has 2 aromatic heterocycles. The van der Waals surface area contributed by atoms with E-state index in [4.69, 9.17) is 9.72 Å². The fraction of sp³-hybridized carbons (Fsp3) is 0.190. The van der Waals surface area contributed by atoms with Crippen molar-refractivity contribution in [3.63, 3.8) is 0 Å². The Kier molecular flexibility index (Phi) is 5.19. The number of ether oxygens (including phenoxy) is 1. The lowest BCUT2D eigenvalue weighted by Gasteiger charge is -2.12. The number of nitrogens with one attached hydrogen (secondary N) is 1. The van der Waals surface area contributed by atoms with Crippen LogP contribution in [0.4, 0.5) is 5.13 Å². The van der Waals surface area contributed by atoms with Gasteiger partial charge in [-0.1, -0.05) is 47.4 Å². The molecule has 1 unspecified atom stereocenters. The number of amides is 1. The van der Waals surface area contributed by atoms with Crippen molar-refractivity contribution in [3.8, 4) is 5.75 Å². The number of carbonyl (C=O) groups is 1. The summed E-state index contributed by atoms with van der Waals surface area (Å²) < 4.78 is 6.49. The molecule has 0 fully saturated rings. The highest BCUT2D eigenvalue weighted by Gasteiger charge is 2.18. The Morgan fingerprint density at radius 1 is 1.18 bits per heavy atom. The number of fused-ring (bicyclic) bond motifs is 2. The van der Waals surface area contributed by atoms with Crippen LogP contribution in [0.5, 0.6) is 5.75 Å². The smallest absolute Gasteiger partial charge is 0.239 e. The van der Waals surface area contributed by atoms with Gasteiger partial charge in [0.15, 0.2) is 5.13 Å². The first-order valence-corrected chi connectivity index (χ1v) is 10.5. The van der Waals surface area contributed by atoms with Crippen LogP contribution in [0, 0.1) is 6.92 Å². The zero-order valence-electron chi connectivity index (χ0n) is 15.7. The van der Waals surface area contributed by atoms with Crippen LogP contribution < -0.4 is 10.1 Å². The van der Waals surface area contributed by atoms with Crippen molar-refractivity contribution in [1.82, 2.24) is 9.97 Å². The molecule has 0 saturated carbocycles. The fourth-order valence-electron chi connectivity index (χ4n) is 2.95. The average Bonchev–Trinajstić information content (AvgIpc) is 3.09. The van der Waals surface area contributed by atoms with E-state index < -0.39 is 0 Å². The number of anilines is 1. The van der Waals surface area contributed by atoms with Gasteiger partial charge in [-0.15, -0.1) is 0 Å². The summed E-state index contributed by atoms with van der Waals surface area (Å²) in [6, 6.07) is 15.7. The Morgan fingerprint density at radius 3 is 2.79 bits per heavy atom. The molecule has 4 aromatic rings. The van der Waals surface area contributed by atoms with Crippen molar-refractivity contribution in [3.05, 3.63) is 54.1 Å². The third-order valence-corrected chi connectivity index (χ3v) is 6.37. The van der Waals surface area contributed by atoms with Crippen molar-refractivity contribution in [2.45, 2.75) is 24.1 Å². The topological polar surface area (TPSA) is 64.1 Å². The van der Waals surface area contributed by atoms with Crippen LogP contribution >= 0.6 is 23.1 Å². The minimum absolute atomic E-state index is 0.0939. The van der Waals surface area contributed by atoms with Gasteiger partial charge in [0.05, 0.1) is 27.6 Å². The molecular formula is C21H19N3O2S2. The van der Waals surface area contributed by atoms with E-state index in [9.17, 15) is 4.79 Å². The van der Waals surface area contributed by atoms with Gasteiger partial charge in [0.1, 0.15) is 11.3 Å². The maximum absolute atomic E-state index is 12.6. The monoisotopic (exact) mass is 409 g/mol. The van der Waals surface area contributed by atoms with Crippen LogP contribution in [-0.2, 0) is 4.79 Å². The molecule has 0 radical (unpaired) electrons. The normalized spacial score (nSPS) is 12.2. The van der Waals surface area contributed by atoms with Gasteiger partial charge in [-0.3, -0.25) is 4.79 Å².